The van der Waals surface area contributed by atoms with E-state index in [0.717, 1.165) is 5.56 Å². The molecule has 0 radical (unpaired) electrons. The van der Waals surface area contributed by atoms with Gasteiger partial charge in [0.1, 0.15) is 12.6 Å². The molecule has 2 rings (SSSR count). The molecule has 0 aliphatic rings. The molecular formula is C19H24N6O5. The average molecular weight is 416 g/mol. The number of H-pyrrole nitrogens is 1. The number of imidazole rings is 1. The largest absolute Gasteiger partial charge is 0.480 e. The van der Waals surface area contributed by atoms with E-state index in [9.17, 15) is 19.2 Å². The van der Waals surface area contributed by atoms with E-state index in [-0.39, 0.29) is 6.42 Å². The highest BCUT2D eigenvalue weighted by Gasteiger charge is 2.25. The number of nitrogens with one attached hydrogen (secondary N) is 4. The number of amides is 3. The Morgan fingerprint density at radius 1 is 1.03 bits per heavy atom. The van der Waals surface area contributed by atoms with Crippen molar-refractivity contribution in [3.8, 4) is 0 Å². The summed E-state index contributed by atoms with van der Waals surface area (Å²) in [6.07, 6.45) is 3.34. The van der Waals surface area contributed by atoms with Crippen LogP contribution < -0.4 is 21.7 Å². The van der Waals surface area contributed by atoms with Crippen LogP contribution >= 0.6 is 0 Å². The van der Waals surface area contributed by atoms with Crippen LogP contribution in [0.1, 0.15) is 11.3 Å². The van der Waals surface area contributed by atoms with Gasteiger partial charge in [-0.25, -0.2) is 4.98 Å². The maximum absolute atomic E-state index is 12.5. The third-order valence-electron chi connectivity index (χ3n) is 4.11. The van der Waals surface area contributed by atoms with E-state index in [1.807, 2.05) is 30.3 Å². The van der Waals surface area contributed by atoms with Gasteiger partial charge in [0.25, 0.3) is 0 Å². The van der Waals surface area contributed by atoms with Crippen molar-refractivity contribution in [2.45, 2.75) is 24.9 Å². The lowest BCUT2D eigenvalue weighted by Gasteiger charge is -2.20. The van der Waals surface area contributed by atoms with Crippen molar-refractivity contribution in [1.29, 1.82) is 0 Å². The summed E-state index contributed by atoms with van der Waals surface area (Å²) in [5, 5.41) is 15.7. The fraction of sp³-hybridized carbons (Fsp3) is 0.316. The van der Waals surface area contributed by atoms with E-state index < -0.39 is 48.9 Å². The number of carboxylic acids is 1. The summed E-state index contributed by atoms with van der Waals surface area (Å²) < 4.78 is 0. The highest BCUT2D eigenvalue weighted by Crippen LogP contribution is 2.04. The molecule has 0 bridgehead atoms. The summed E-state index contributed by atoms with van der Waals surface area (Å²) in [7, 11) is 0. The minimum absolute atomic E-state index is 0.104. The lowest BCUT2D eigenvalue weighted by atomic mass is 10.0. The molecule has 3 amide bonds. The number of carbonyl (C=O) groups excluding carboxylic acids is 3. The van der Waals surface area contributed by atoms with Gasteiger partial charge in [0.15, 0.2) is 0 Å². The number of hydrogen-bond donors (Lipinski definition) is 6. The number of benzene rings is 1. The van der Waals surface area contributed by atoms with Gasteiger partial charge in [-0.05, 0) is 12.0 Å². The first-order valence-corrected chi connectivity index (χ1v) is 9.18. The topological polar surface area (TPSA) is 179 Å². The Bertz CT molecular complexity index is 856. The van der Waals surface area contributed by atoms with Crippen molar-refractivity contribution in [2.75, 3.05) is 13.1 Å². The molecule has 7 N–H and O–H groups in total. The number of aliphatic carboxylic acids is 1. The predicted octanol–water partition coefficient (Wildman–Crippen LogP) is -1.68. The highest BCUT2D eigenvalue weighted by molar-refractivity contribution is 5.92. The molecular weight excluding hydrogens is 392 g/mol. The highest BCUT2D eigenvalue weighted by atomic mass is 16.4. The summed E-state index contributed by atoms with van der Waals surface area (Å²) in [5.74, 6) is -3.01. The molecule has 11 heteroatoms. The van der Waals surface area contributed by atoms with Gasteiger partial charge in [-0.15, -0.1) is 0 Å². The normalized spacial score (nSPS) is 12.4. The SMILES string of the molecule is NC(Cc1ccccc1)C(=O)NC(Cc1cnc[nH]1)C(=O)NCC(=O)NCC(=O)O. The molecule has 2 atom stereocenters. The zero-order chi connectivity index (χ0) is 21.9. The number of nitrogens with two attached hydrogens (primary N) is 1. The van der Waals surface area contributed by atoms with Crippen LogP contribution in [0.4, 0.5) is 0 Å². The van der Waals surface area contributed by atoms with Crippen LogP contribution in [-0.2, 0) is 32.0 Å². The quantitative estimate of drug-likeness (QED) is 0.253. The number of aromatic nitrogens is 2. The number of hydrogen-bond acceptors (Lipinski definition) is 6. The maximum atomic E-state index is 12.5. The van der Waals surface area contributed by atoms with E-state index >= 15 is 0 Å². The Hall–Kier alpha value is -3.73. The molecule has 11 nitrogen and oxygen atoms in total. The van der Waals surface area contributed by atoms with E-state index in [4.69, 9.17) is 10.8 Å². The van der Waals surface area contributed by atoms with Crippen LogP contribution in [0.2, 0.25) is 0 Å². The molecule has 0 saturated heterocycles. The summed E-state index contributed by atoms with van der Waals surface area (Å²) >= 11 is 0. The summed E-state index contributed by atoms with van der Waals surface area (Å²) in [4.78, 5) is 53.9. The fourth-order valence-electron chi connectivity index (χ4n) is 2.59. The molecule has 1 aromatic heterocycles. The molecule has 0 fully saturated rings. The summed E-state index contributed by atoms with van der Waals surface area (Å²) in [6, 6.07) is 7.34. The van der Waals surface area contributed by atoms with Crippen molar-refractivity contribution in [3.05, 3.63) is 54.1 Å². The van der Waals surface area contributed by atoms with Crippen molar-refractivity contribution in [2.24, 2.45) is 5.73 Å². The first-order valence-electron chi connectivity index (χ1n) is 9.18. The molecule has 2 aromatic rings. The maximum Gasteiger partial charge on any atom is 0.322 e. The Morgan fingerprint density at radius 2 is 1.77 bits per heavy atom. The molecule has 1 aromatic carbocycles. The fourth-order valence-corrected chi connectivity index (χ4v) is 2.59. The van der Waals surface area contributed by atoms with Gasteiger partial charge in [0.2, 0.25) is 17.7 Å². The van der Waals surface area contributed by atoms with Gasteiger partial charge in [-0.3, -0.25) is 19.2 Å². The van der Waals surface area contributed by atoms with Crippen LogP contribution in [0.25, 0.3) is 0 Å². The van der Waals surface area contributed by atoms with Crippen LogP contribution in [0, 0.1) is 0 Å². The third-order valence-corrected chi connectivity index (χ3v) is 4.11. The van der Waals surface area contributed by atoms with E-state index in [1.54, 1.807) is 0 Å². The van der Waals surface area contributed by atoms with Gasteiger partial charge in [0, 0.05) is 18.3 Å². The molecule has 0 aliphatic heterocycles. The van der Waals surface area contributed by atoms with Crippen LogP contribution in [0.3, 0.4) is 0 Å². The second-order valence-electron chi connectivity index (χ2n) is 6.53. The molecule has 2 unspecified atom stereocenters. The lowest BCUT2D eigenvalue weighted by molar-refractivity contribution is -0.138. The smallest absolute Gasteiger partial charge is 0.322 e. The van der Waals surface area contributed by atoms with Gasteiger partial charge >= 0.3 is 5.97 Å². The van der Waals surface area contributed by atoms with Gasteiger partial charge in [-0.1, -0.05) is 30.3 Å². The van der Waals surface area contributed by atoms with Crippen molar-refractivity contribution in [3.63, 3.8) is 0 Å². The molecule has 0 spiro atoms. The number of carbonyl (C=O) groups is 4. The molecule has 30 heavy (non-hydrogen) atoms. The number of nitrogens with zero attached hydrogens (tertiary/aromatic N) is 1. The molecule has 160 valence electrons. The predicted molar refractivity (Wildman–Crippen MR) is 106 cm³/mol. The first-order chi connectivity index (χ1) is 14.3. The molecule has 0 saturated carbocycles. The Balaban J connectivity index is 1.96. The van der Waals surface area contributed by atoms with Crippen molar-refractivity contribution in [1.82, 2.24) is 25.9 Å². The minimum Gasteiger partial charge on any atom is -0.480 e. The third kappa shape index (κ3) is 7.72. The summed E-state index contributed by atoms with van der Waals surface area (Å²) in [6.45, 7) is -0.991. The average Bonchev–Trinajstić information content (AvgIpc) is 3.23. The van der Waals surface area contributed by atoms with E-state index in [1.165, 1.54) is 12.5 Å². The Labute approximate surface area is 172 Å². The van der Waals surface area contributed by atoms with Crippen LogP contribution in [-0.4, -0.2) is 63.9 Å². The van der Waals surface area contributed by atoms with Crippen LogP contribution in [0.5, 0.6) is 0 Å². The van der Waals surface area contributed by atoms with E-state index in [0.29, 0.717) is 12.1 Å². The van der Waals surface area contributed by atoms with Gasteiger partial charge < -0.3 is 31.8 Å². The summed E-state index contributed by atoms with van der Waals surface area (Å²) in [5.41, 5.74) is 7.46. The lowest BCUT2D eigenvalue weighted by Crippen LogP contribution is -2.54. The number of aromatic amines is 1. The zero-order valence-corrected chi connectivity index (χ0v) is 16.1. The molecule has 0 aliphatic carbocycles. The van der Waals surface area contributed by atoms with Gasteiger partial charge in [-0.2, -0.15) is 0 Å². The standard InChI is InChI=1S/C19H24N6O5/c20-14(6-12-4-2-1-3-5-12)18(29)25-15(7-13-8-21-11-24-13)19(30)23-9-16(26)22-10-17(27)28/h1-5,8,11,14-15H,6-7,9-10,20H2,(H,21,24)(H,22,26)(H,23,30)(H,25,29)(H,27,28). The minimum atomic E-state index is -1.20. The Morgan fingerprint density at radius 3 is 2.40 bits per heavy atom. The number of carboxylic acid groups (broad SMARTS) is 1. The first kappa shape index (κ1) is 22.6. The molecule has 1 heterocycles. The second-order valence-corrected chi connectivity index (χ2v) is 6.53. The monoisotopic (exact) mass is 416 g/mol. The number of rotatable bonds is 11. The van der Waals surface area contributed by atoms with Crippen molar-refractivity contribution < 1.29 is 24.3 Å². The van der Waals surface area contributed by atoms with Crippen LogP contribution in [0.15, 0.2) is 42.9 Å². The zero-order valence-electron chi connectivity index (χ0n) is 16.1. The second kappa shape index (κ2) is 11.3. The van der Waals surface area contributed by atoms with Crippen molar-refractivity contribution >= 4 is 23.7 Å². The Kier molecular flexibility index (Phi) is 8.51. The van der Waals surface area contributed by atoms with E-state index in [2.05, 4.69) is 25.9 Å². The van der Waals surface area contributed by atoms with Gasteiger partial charge in [0.05, 0.1) is 18.9 Å².